The van der Waals surface area contributed by atoms with Crippen molar-refractivity contribution >= 4 is 23.2 Å². The number of amides is 2. The number of nitrogens with zero attached hydrogens (tertiary/aromatic N) is 1. The van der Waals surface area contributed by atoms with Gasteiger partial charge in [0.15, 0.2) is 5.78 Å². The number of para-hydroxylation sites is 2. The monoisotopic (exact) mass is 409 g/mol. The maximum atomic E-state index is 13.4. The van der Waals surface area contributed by atoms with E-state index < -0.39 is 6.04 Å². The SMILES string of the molecule is COCCNC(=O)N1c2ccccc2NC2=C(C(=O)CC(C)(C)C2)[C@H]1c1ccco1. The highest BCUT2D eigenvalue weighted by atomic mass is 16.5. The fraction of sp³-hybridized carbons (Fsp3) is 0.391. The summed E-state index contributed by atoms with van der Waals surface area (Å²) < 4.78 is 10.8. The summed E-state index contributed by atoms with van der Waals surface area (Å²) in [6, 6.07) is 10.2. The Hall–Kier alpha value is -3.06. The van der Waals surface area contributed by atoms with E-state index in [0.717, 1.165) is 11.4 Å². The van der Waals surface area contributed by atoms with Crippen molar-refractivity contribution in [2.75, 3.05) is 30.5 Å². The molecule has 7 nitrogen and oxygen atoms in total. The fourth-order valence-electron chi connectivity index (χ4n) is 4.27. The van der Waals surface area contributed by atoms with E-state index in [4.69, 9.17) is 9.15 Å². The molecule has 2 aromatic rings. The van der Waals surface area contributed by atoms with Crippen LogP contribution in [0.25, 0.3) is 0 Å². The van der Waals surface area contributed by atoms with E-state index >= 15 is 0 Å². The number of rotatable bonds is 4. The molecular formula is C23H27N3O4. The molecule has 0 bridgehead atoms. The predicted molar refractivity (Wildman–Crippen MR) is 114 cm³/mol. The first-order valence-corrected chi connectivity index (χ1v) is 10.1. The third-order valence-electron chi connectivity index (χ3n) is 5.51. The molecule has 1 aliphatic heterocycles. The fourth-order valence-corrected chi connectivity index (χ4v) is 4.27. The Balaban J connectivity index is 1.89. The highest BCUT2D eigenvalue weighted by Gasteiger charge is 2.44. The van der Waals surface area contributed by atoms with Gasteiger partial charge in [0.2, 0.25) is 0 Å². The van der Waals surface area contributed by atoms with Gasteiger partial charge in [-0.2, -0.15) is 0 Å². The third-order valence-corrected chi connectivity index (χ3v) is 5.51. The van der Waals surface area contributed by atoms with E-state index in [1.54, 1.807) is 24.3 Å². The van der Waals surface area contributed by atoms with Gasteiger partial charge in [-0.05, 0) is 36.1 Å². The number of carbonyl (C=O) groups excluding carboxylic acids is 2. The summed E-state index contributed by atoms with van der Waals surface area (Å²) >= 11 is 0. The van der Waals surface area contributed by atoms with E-state index in [2.05, 4.69) is 24.5 Å². The number of allylic oxidation sites excluding steroid dienone is 1. The zero-order chi connectivity index (χ0) is 21.3. The molecule has 0 spiro atoms. The van der Waals surface area contributed by atoms with Gasteiger partial charge in [0.25, 0.3) is 0 Å². The molecule has 1 aromatic heterocycles. The molecule has 30 heavy (non-hydrogen) atoms. The van der Waals surface area contributed by atoms with Gasteiger partial charge in [0.1, 0.15) is 11.8 Å². The Morgan fingerprint density at radius 3 is 2.80 bits per heavy atom. The second-order valence-corrected chi connectivity index (χ2v) is 8.49. The molecule has 2 N–H and O–H groups in total. The quantitative estimate of drug-likeness (QED) is 0.738. The minimum absolute atomic E-state index is 0.0256. The average Bonchev–Trinajstić information content (AvgIpc) is 3.17. The molecule has 2 aliphatic rings. The second-order valence-electron chi connectivity index (χ2n) is 8.49. The molecule has 0 fully saturated rings. The first-order valence-electron chi connectivity index (χ1n) is 10.1. The van der Waals surface area contributed by atoms with Gasteiger partial charge in [-0.1, -0.05) is 26.0 Å². The Morgan fingerprint density at radius 1 is 1.27 bits per heavy atom. The molecule has 1 aliphatic carbocycles. The van der Waals surface area contributed by atoms with Crippen LogP contribution in [0.5, 0.6) is 0 Å². The van der Waals surface area contributed by atoms with Crippen LogP contribution in [0.1, 0.15) is 38.5 Å². The summed E-state index contributed by atoms with van der Waals surface area (Å²) in [6.45, 7) is 4.93. The molecule has 1 atom stereocenters. The minimum Gasteiger partial charge on any atom is -0.467 e. The second kappa shape index (κ2) is 7.99. The molecule has 7 heteroatoms. The number of fused-ring (bicyclic) bond motifs is 1. The topological polar surface area (TPSA) is 83.8 Å². The number of carbonyl (C=O) groups is 2. The summed E-state index contributed by atoms with van der Waals surface area (Å²) in [4.78, 5) is 28.3. The number of furan rings is 1. The molecule has 0 unspecified atom stereocenters. The van der Waals surface area contributed by atoms with Crippen LogP contribution in [-0.4, -0.2) is 32.1 Å². The highest BCUT2D eigenvalue weighted by Crippen LogP contribution is 2.48. The van der Waals surface area contributed by atoms with Crippen molar-refractivity contribution in [3.05, 3.63) is 59.7 Å². The Labute approximate surface area is 176 Å². The van der Waals surface area contributed by atoms with Gasteiger partial charge in [-0.15, -0.1) is 0 Å². The smallest absolute Gasteiger partial charge is 0.322 e. The van der Waals surface area contributed by atoms with E-state index in [9.17, 15) is 9.59 Å². The number of benzene rings is 1. The van der Waals surface area contributed by atoms with Gasteiger partial charge in [-0.3, -0.25) is 9.69 Å². The number of anilines is 2. The predicted octanol–water partition coefficient (Wildman–Crippen LogP) is 4.25. The van der Waals surface area contributed by atoms with Crippen LogP contribution < -0.4 is 15.5 Å². The zero-order valence-corrected chi connectivity index (χ0v) is 17.5. The first-order chi connectivity index (χ1) is 14.4. The van der Waals surface area contributed by atoms with Crippen molar-refractivity contribution in [2.24, 2.45) is 5.41 Å². The van der Waals surface area contributed by atoms with Crippen molar-refractivity contribution in [1.29, 1.82) is 0 Å². The van der Waals surface area contributed by atoms with Gasteiger partial charge < -0.3 is 19.8 Å². The lowest BCUT2D eigenvalue weighted by molar-refractivity contribution is -0.118. The summed E-state index contributed by atoms with van der Waals surface area (Å²) in [5, 5.41) is 6.36. The molecule has 0 saturated carbocycles. The molecule has 0 radical (unpaired) electrons. The van der Waals surface area contributed by atoms with Gasteiger partial charge in [-0.25, -0.2) is 4.79 Å². The summed E-state index contributed by atoms with van der Waals surface area (Å²) in [5.41, 5.74) is 2.74. The van der Waals surface area contributed by atoms with Crippen molar-refractivity contribution in [2.45, 2.75) is 32.7 Å². The molecule has 1 aromatic carbocycles. The normalized spacial score (nSPS) is 20.2. The maximum absolute atomic E-state index is 13.4. The van der Waals surface area contributed by atoms with Crippen LogP contribution in [-0.2, 0) is 9.53 Å². The molecule has 158 valence electrons. The van der Waals surface area contributed by atoms with Crippen LogP contribution in [0.2, 0.25) is 0 Å². The van der Waals surface area contributed by atoms with Crippen LogP contribution in [0.4, 0.5) is 16.2 Å². The van der Waals surface area contributed by atoms with E-state index in [1.165, 1.54) is 0 Å². The van der Waals surface area contributed by atoms with Gasteiger partial charge in [0, 0.05) is 31.3 Å². The molecule has 4 rings (SSSR count). The van der Waals surface area contributed by atoms with E-state index in [1.807, 2.05) is 30.3 Å². The van der Waals surface area contributed by atoms with Crippen molar-refractivity contribution in [3.8, 4) is 0 Å². The number of methoxy groups -OCH3 is 1. The van der Waals surface area contributed by atoms with Crippen LogP contribution in [0.3, 0.4) is 0 Å². The van der Waals surface area contributed by atoms with Gasteiger partial charge >= 0.3 is 6.03 Å². The van der Waals surface area contributed by atoms with E-state index in [-0.39, 0.29) is 17.2 Å². The Kier molecular flexibility index (Phi) is 5.39. The molecule has 2 heterocycles. The number of ketones is 1. The summed E-state index contributed by atoms with van der Waals surface area (Å²) in [5.74, 6) is 0.577. The largest absolute Gasteiger partial charge is 0.467 e. The lowest BCUT2D eigenvalue weighted by Gasteiger charge is -2.36. The Morgan fingerprint density at radius 2 is 2.07 bits per heavy atom. The minimum atomic E-state index is -0.655. The number of hydrogen-bond donors (Lipinski definition) is 2. The number of ether oxygens (including phenoxy) is 1. The molecule has 2 amide bonds. The van der Waals surface area contributed by atoms with E-state index in [0.29, 0.717) is 43.0 Å². The molecular weight excluding hydrogens is 382 g/mol. The lowest BCUT2D eigenvalue weighted by atomic mass is 9.74. The standard InChI is InChI=1S/C23H27N3O4/c1-23(2)13-16-20(18(27)14-23)21(19-9-6-11-30-19)26(22(28)24-10-12-29-3)17-8-5-4-7-15(17)25-16/h4-9,11,21,25H,10,12-14H2,1-3H3,(H,24,28)/t21-/m1/s1. The van der Waals surface area contributed by atoms with Crippen LogP contribution in [0, 0.1) is 5.41 Å². The van der Waals surface area contributed by atoms with Gasteiger partial charge in [0.05, 0.1) is 24.2 Å². The number of hydrogen-bond acceptors (Lipinski definition) is 5. The van der Waals surface area contributed by atoms with Crippen molar-refractivity contribution in [3.63, 3.8) is 0 Å². The average molecular weight is 409 g/mol. The summed E-state index contributed by atoms with van der Waals surface area (Å²) in [7, 11) is 1.59. The highest BCUT2D eigenvalue weighted by molar-refractivity contribution is 6.05. The maximum Gasteiger partial charge on any atom is 0.322 e. The Bertz CT molecular complexity index is 978. The summed E-state index contributed by atoms with van der Waals surface area (Å²) in [6.07, 6.45) is 2.69. The number of nitrogens with one attached hydrogen (secondary N) is 2. The zero-order valence-electron chi connectivity index (χ0n) is 17.5. The van der Waals surface area contributed by atoms with Crippen LogP contribution in [0.15, 0.2) is 58.3 Å². The molecule has 0 saturated heterocycles. The number of urea groups is 1. The van der Waals surface area contributed by atoms with Crippen LogP contribution >= 0.6 is 0 Å². The van der Waals surface area contributed by atoms with Crippen molar-refractivity contribution < 1.29 is 18.7 Å². The first kappa shape index (κ1) is 20.2. The van der Waals surface area contributed by atoms with Crippen molar-refractivity contribution in [1.82, 2.24) is 5.32 Å². The number of Topliss-reactive ketones (excluding diaryl/α,β-unsaturated/α-hetero) is 1. The third kappa shape index (κ3) is 3.73. The lowest BCUT2D eigenvalue weighted by Crippen LogP contribution is -2.45.